The zero-order valence-electron chi connectivity index (χ0n) is 13.1. The molecule has 0 aliphatic rings. The van der Waals surface area contributed by atoms with Gasteiger partial charge in [0.05, 0.1) is 6.42 Å². The largest absolute Gasteiger partial charge is 0.298 e. The third-order valence-electron chi connectivity index (χ3n) is 3.13. The third kappa shape index (κ3) is 5.38. The van der Waals surface area contributed by atoms with E-state index in [-0.39, 0.29) is 17.4 Å². The number of nitrogens with zero attached hydrogens (tertiary/aromatic N) is 1. The van der Waals surface area contributed by atoms with Crippen molar-refractivity contribution in [2.75, 3.05) is 0 Å². The molecule has 0 atom stereocenters. The summed E-state index contributed by atoms with van der Waals surface area (Å²) in [5.41, 5.74) is 2.03. The number of carbonyl (C=O) groups excluding carboxylic acids is 2. The summed E-state index contributed by atoms with van der Waals surface area (Å²) in [4.78, 5) is 24.7. The molecule has 0 saturated heterocycles. The molecule has 0 spiro atoms. The lowest BCUT2D eigenvalue weighted by atomic mass is 10.1. The molecule has 5 nitrogen and oxygen atoms in total. The van der Waals surface area contributed by atoms with Gasteiger partial charge in [0, 0.05) is 11.0 Å². The number of thiophene rings is 1. The zero-order valence-corrected chi connectivity index (χ0v) is 14.7. The van der Waals surface area contributed by atoms with Crippen molar-refractivity contribution in [3.05, 3.63) is 63.9 Å². The Kier molecular flexibility index (Phi) is 6.36. The standard InChI is InChI=1S/C17H17N3O2S2/c1-12-4-6-13(7-5-12)8-9-15(21)19-17(23)20(18)16(22)11-14-3-2-10-24-14/h2-10H,11,18H2,1H3,(H,19,21,23)/b9-8-. The number of carbonyl (C=O) groups is 2. The summed E-state index contributed by atoms with van der Waals surface area (Å²) in [6, 6.07) is 11.4. The summed E-state index contributed by atoms with van der Waals surface area (Å²) >= 11 is 6.45. The van der Waals surface area contributed by atoms with E-state index in [2.05, 4.69) is 5.32 Å². The molecule has 2 rings (SSSR count). The lowest BCUT2D eigenvalue weighted by Gasteiger charge is -2.16. The van der Waals surface area contributed by atoms with Crippen LogP contribution in [0.3, 0.4) is 0 Å². The molecular formula is C17H17N3O2S2. The SMILES string of the molecule is Cc1ccc(/C=C\C(=O)NC(=S)N(N)C(=O)Cc2cccs2)cc1. The van der Waals surface area contributed by atoms with Crippen molar-refractivity contribution in [2.24, 2.45) is 5.84 Å². The predicted octanol–water partition coefficient (Wildman–Crippen LogP) is 2.42. The maximum Gasteiger partial charge on any atom is 0.250 e. The Bertz CT molecular complexity index is 753. The second kappa shape index (κ2) is 8.49. The molecule has 7 heteroatoms. The smallest absolute Gasteiger partial charge is 0.250 e. The Morgan fingerprint density at radius 1 is 1.29 bits per heavy atom. The van der Waals surface area contributed by atoms with Crippen LogP contribution in [0.1, 0.15) is 16.0 Å². The van der Waals surface area contributed by atoms with Gasteiger partial charge in [-0.25, -0.2) is 10.9 Å². The first-order valence-corrected chi connectivity index (χ1v) is 8.44. The fourth-order valence-electron chi connectivity index (χ4n) is 1.82. The molecule has 2 amide bonds. The molecule has 124 valence electrons. The fourth-order valence-corrected chi connectivity index (χ4v) is 2.72. The maximum absolute atomic E-state index is 12.0. The molecule has 0 unspecified atom stereocenters. The number of rotatable bonds is 4. The van der Waals surface area contributed by atoms with Crippen LogP contribution in [0.5, 0.6) is 0 Å². The van der Waals surface area contributed by atoms with Gasteiger partial charge in [-0.15, -0.1) is 11.3 Å². The van der Waals surface area contributed by atoms with Gasteiger partial charge in [0.2, 0.25) is 11.8 Å². The van der Waals surface area contributed by atoms with Crippen LogP contribution in [-0.2, 0) is 16.0 Å². The number of nitrogens with two attached hydrogens (primary N) is 1. The highest BCUT2D eigenvalue weighted by Crippen LogP contribution is 2.10. The Morgan fingerprint density at radius 2 is 2.00 bits per heavy atom. The quantitative estimate of drug-likeness (QED) is 0.289. The first kappa shape index (κ1) is 18.0. The van der Waals surface area contributed by atoms with E-state index in [4.69, 9.17) is 18.1 Å². The minimum absolute atomic E-state index is 0.130. The van der Waals surface area contributed by atoms with E-state index in [1.54, 1.807) is 6.08 Å². The highest BCUT2D eigenvalue weighted by molar-refractivity contribution is 7.80. The molecule has 2 aromatic rings. The highest BCUT2D eigenvalue weighted by Gasteiger charge is 2.16. The van der Waals surface area contributed by atoms with E-state index in [0.29, 0.717) is 0 Å². The van der Waals surface area contributed by atoms with E-state index in [9.17, 15) is 9.59 Å². The number of aryl methyl sites for hydroxylation is 1. The molecule has 0 aliphatic heterocycles. The van der Waals surface area contributed by atoms with Gasteiger partial charge in [-0.05, 0) is 42.2 Å². The lowest BCUT2D eigenvalue weighted by molar-refractivity contribution is -0.126. The summed E-state index contributed by atoms with van der Waals surface area (Å²) < 4.78 is 0. The highest BCUT2D eigenvalue weighted by atomic mass is 32.1. The number of nitrogens with one attached hydrogen (secondary N) is 1. The second-order valence-corrected chi connectivity index (χ2v) is 6.48. The zero-order chi connectivity index (χ0) is 17.5. The molecule has 24 heavy (non-hydrogen) atoms. The molecule has 0 saturated carbocycles. The molecule has 1 aromatic carbocycles. The first-order valence-electron chi connectivity index (χ1n) is 7.15. The first-order chi connectivity index (χ1) is 11.5. The summed E-state index contributed by atoms with van der Waals surface area (Å²) in [6.07, 6.45) is 3.14. The Hall–Kier alpha value is -2.35. The summed E-state index contributed by atoms with van der Waals surface area (Å²) in [5, 5.41) is 4.94. The normalized spacial score (nSPS) is 10.6. The van der Waals surface area contributed by atoms with E-state index < -0.39 is 5.91 Å². The van der Waals surface area contributed by atoms with Crippen molar-refractivity contribution in [2.45, 2.75) is 13.3 Å². The maximum atomic E-state index is 12.0. The van der Waals surface area contributed by atoms with Gasteiger partial charge < -0.3 is 0 Å². The monoisotopic (exact) mass is 359 g/mol. The van der Waals surface area contributed by atoms with Gasteiger partial charge in [-0.3, -0.25) is 14.9 Å². The summed E-state index contributed by atoms with van der Waals surface area (Å²) in [6.45, 7) is 1.99. The van der Waals surface area contributed by atoms with Gasteiger partial charge in [-0.1, -0.05) is 35.9 Å². The molecule has 0 fully saturated rings. The Morgan fingerprint density at radius 3 is 2.62 bits per heavy atom. The van der Waals surface area contributed by atoms with Crippen molar-refractivity contribution in [1.82, 2.24) is 10.3 Å². The van der Waals surface area contributed by atoms with Crippen LogP contribution in [0.2, 0.25) is 0 Å². The van der Waals surface area contributed by atoms with Crippen LogP contribution in [0.15, 0.2) is 47.9 Å². The van der Waals surface area contributed by atoms with Crippen molar-refractivity contribution in [1.29, 1.82) is 0 Å². The lowest BCUT2D eigenvalue weighted by Crippen LogP contribution is -2.50. The number of thiocarbonyl (C=S) groups is 1. The summed E-state index contributed by atoms with van der Waals surface area (Å²) in [7, 11) is 0. The number of hydrogen-bond acceptors (Lipinski definition) is 5. The van der Waals surface area contributed by atoms with Gasteiger partial charge in [-0.2, -0.15) is 0 Å². The van der Waals surface area contributed by atoms with Crippen LogP contribution >= 0.6 is 23.6 Å². The number of hydrazine groups is 1. The molecule has 0 bridgehead atoms. The predicted molar refractivity (Wildman–Crippen MR) is 100 cm³/mol. The third-order valence-corrected chi connectivity index (χ3v) is 4.30. The van der Waals surface area contributed by atoms with Gasteiger partial charge >= 0.3 is 0 Å². The molecule has 1 aromatic heterocycles. The molecule has 3 N–H and O–H groups in total. The molecule has 0 aliphatic carbocycles. The van der Waals surface area contributed by atoms with Crippen LogP contribution < -0.4 is 11.2 Å². The van der Waals surface area contributed by atoms with E-state index in [0.717, 1.165) is 21.0 Å². The van der Waals surface area contributed by atoms with E-state index >= 15 is 0 Å². The van der Waals surface area contributed by atoms with Crippen molar-refractivity contribution in [3.63, 3.8) is 0 Å². The molecule has 1 heterocycles. The minimum atomic E-state index is -0.444. The average Bonchev–Trinajstić information content (AvgIpc) is 3.06. The van der Waals surface area contributed by atoms with Crippen LogP contribution in [0.4, 0.5) is 0 Å². The van der Waals surface area contributed by atoms with Crippen molar-refractivity contribution in [3.8, 4) is 0 Å². The van der Waals surface area contributed by atoms with E-state index in [1.807, 2.05) is 48.7 Å². The van der Waals surface area contributed by atoms with Gasteiger partial charge in [0.1, 0.15) is 0 Å². The second-order valence-electron chi connectivity index (χ2n) is 5.06. The minimum Gasteiger partial charge on any atom is -0.298 e. The average molecular weight is 359 g/mol. The van der Waals surface area contributed by atoms with Crippen LogP contribution in [-0.4, -0.2) is 21.9 Å². The van der Waals surface area contributed by atoms with Gasteiger partial charge in [0.15, 0.2) is 5.11 Å². The summed E-state index contributed by atoms with van der Waals surface area (Å²) in [5.74, 6) is 4.83. The Labute approximate surface area is 149 Å². The molecule has 0 radical (unpaired) electrons. The van der Waals surface area contributed by atoms with Crippen LogP contribution in [0, 0.1) is 6.92 Å². The number of benzene rings is 1. The van der Waals surface area contributed by atoms with Crippen molar-refractivity contribution < 1.29 is 9.59 Å². The van der Waals surface area contributed by atoms with Crippen molar-refractivity contribution >= 4 is 46.6 Å². The fraction of sp³-hybridized carbons (Fsp3) is 0.118. The Balaban J connectivity index is 1.87. The number of hydrogen-bond donors (Lipinski definition) is 2. The van der Waals surface area contributed by atoms with E-state index in [1.165, 1.54) is 17.4 Å². The number of amides is 2. The molecular weight excluding hydrogens is 342 g/mol. The van der Waals surface area contributed by atoms with Gasteiger partial charge in [0.25, 0.3) is 0 Å². The van der Waals surface area contributed by atoms with Crippen LogP contribution in [0.25, 0.3) is 6.08 Å². The topological polar surface area (TPSA) is 75.4 Å².